The summed E-state index contributed by atoms with van der Waals surface area (Å²) in [5, 5.41) is 13.6. The normalized spacial score (nSPS) is 21.3. The van der Waals surface area contributed by atoms with Gasteiger partial charge in [0.1, 0.15) is 6.17 Å². The van der Waals surface area contributed by atoms with Crippen molar-refractivity contribution in [3.63, 3.8) is 0 Å². The number of hydrogen-bond donors (Lipinski definition) is 3. The van der Waals surface area contributed by atoms with E-state index >= 15 is 0 Å². The van der Waals surface area contributed by atoms with Crippen molar-refractivity contribution in [1.29, 1.82) is 0 Å². The Morgan fingerprint density at radius 1 is 1.41 bits per heavy atom. The fourth-order valence-corrected chi connectivity index (χ4v) is 2.39. The molecule has 10 heteroatoms. The van der Waals surface area contributed by atoms with Gasteiger partial charge < -0.3 is 20.6 Å². The summed E-state index contributed by atoms with van der Waals surface area (Å²) in [7, 11) is 0. The number of hydrogen-bond acceptors (Lipinski definition) is 4. The highest BCUT2D eigenvalue weighted by molar-refractivity contribution is 6.29. The molecule has 0 saturated carbocycles. The third-order valence-electron chi connectivity index (χ3n) is 3.14. The lowest BCUT2D eigenvalue weighted by Crippen LogP contribution is -2.55. The molecule has 2 atom stereocenters. The molecule has 1 saturated heterocycles. The molecule has 1 aromatic heterocycles. The van der Waals surface area contributed by atoms with Gasteiger partial charge in [-0.3, -0.25) is 4.98 Å². The monoisotopic (exact) mass is 331 g/mol. The minimum atomic E-state index is -1.28. The first-order chi connectivity index (χ1) is 10.5. The van der Waals surface area contributed by atoms with Crippen LogP contribution in [-0.2, 0) is 6.54 Å². The third kappa shape index (κ3) is 4.42. The van der Waals surface area contributed by atoms with E-state index in [2.05, 4.69) is 20.6 Å². The molecule has 3 amide bonds. The van der Waals surface area contributed by atoms with Gasteiger partial charge in [0.2, 0.25) is 0 Å². The summed E-state index contributed by atoms with van der Waals surface area (Å²) in [5.74, 6) is 0. The number of piperidine rings is 1. The van der Waals surface area contributed by atoms with Gasteiger partial charge in [-0.1, -0.05) is 11.6 Å². The van der Waals surface area contributed by atoms with Crippen LogP contribution < -0.4 is 10.6 Å². The molecular formula is C12H15ClFN5O3. The summed E-state index contributed by atoms with van der Waals surface area (Å²) in [4.78, 5) is 31.7. The van der Waals surface area contributed by atoms with Crippen LogP contribution in [-0.4, -0.2) is 57.4 Å². The molecule has 22 heavy (non-hydrogen) atoms. The van der Waals surface area contributed by atoms with Gasteiger partial charge in [0, 0.05) is 25.4 Å². The summed E-state index contributed by atoms with van der Waals surface area (Å²) < 4.78 is 13.6. The number of carbonyl (C=O) groups excluding carboxylic acids is 1. The Labute approximate surface area is 130 Å². The number of carbonyl (C=O) groups is 2. The Bertz CT molecular complexity index is 561. The van der Waals surface area contributed by atoms with Crippen LogP contribution in [0.4, 0.5) is 14.0 Å². The van der Waals surface area contributed by atoms with Gasteiger partial charge in [0.15, 0.2) is 5.15 Å². The van der Waals surface area contributed by atoms with Gasteiger partial charge in [0.25, 0.3) is 0 Å². The van der Waals surface area contributed by atoms with Crippen LogP contribution in [0, 0.1) is 0 Å². The first-order valence-corrected chi connectivity index (χ1v) is 6.95. The van der Waals surface area contributed by atoms with Crippen molar-refractivity contribution in [3.8, 4) is 0 Å². The average Bonchev–Trinajstić information content (AvgIpc) is 2.44. The zero-order chi connectivity index (χ0) is 16.1. The van der Waals surface area contributed by atoms with Crippen molar-refractivity contribution in [1.82, 2.24) is 25.5 Å². The summed E-state index contributed by atoms with van der Waals surface area (Å²) in [6.45, 7) is 0.0700. The SMILES string of the molecule is O=C(O)N[C@@H]1C[C@@H](F)CN(C(=O)NCc2nccnc2Cl)C1. The molecule has 1 aromatic rings. The lowest BCUT2D eigenvalue weighted by atomic mass is 10.0. The van der Waals surface area contributed by atoms with Crippen molar-refractivity contribution < 1.29 is 19.1 Å². The molecule has 120 valence electrons. The maximum atomic E-state index is 13.6. The van der Waals surface area contributed by atoms with Gasteiger partial charge in [-0.2, -0.15) is 0 Å². The van der Waals surface area contributed by atoms with E-state index in [0.29, 0.717) is 5.69 Å². The van der Waals surface area contributed by atoms with Gasteiger partial charge in [-0.15, -0.1) is 0 Å². The van der Waals surface area contributed by atoms with E-state index in [4.69, 9.17) is 16.7 Å². The average molecular weight is 332 g/mol. The standard InChI is InChI=1S/C12H15ClFN5O3/c13-10-9(15-1-2-16-10)4-17-11(20)19-5-7(14)3-8(6-19)18-12(21)22/h1-2,7-8,18H,3-6H2,(H,17,20)(H,21,22)/t7-,8-/m1/s1. The number of halogens is 2. The Kier molecular flexibility index (Phi) is 5.31. The molecule has 0 spiro atoms. The van der Waals surface area contributed by atoms with E-state index in [9.17, 15) is 14.0 Å². The smallest absolute Gasteiger partial charge is 0.404 e. The molecular weight excluding hydrogens is 317 g/mol. The van der Waals surface area contributed by atoms with Crippen molar-refractivity contribution in [3.05, 3.63) is 23.2 Å². The Hall–Kier alpha value is -2.16. The van der Waals surface area contributed by atoms with E-state index in [1.165, 1.54) is 17.3 Å². The second-order valence-corrected chi connectivity index (χ2v) is 5.19. The number of aromatic nitrogens is 2. The van der Waals surface area contributed by atoms with Gasteiger partial charge in [0.05, 0.1) is 24.8 Å². The zero-order valence-electron chi connectivity index (χ0n) is 11.5. The largest absolute Gasteiger partial charge is 0.465 e. The Morgan fingerprint density at radius 2 is 2.14 bits per heavy atom. The third-order valence-corrected chi connectivity index (χ3v) is 3.46. The quantitative estimate of drug-likeness (QED) is 0.766. The molecule has 2 heterocycles. The summed E-state index contributed by atoms with van der Waals surface area (Å²) in [6.07, 6.45) is 0.390. The molecule has 0 unspecified atom stereocenters. The highest BCUT2D eigenvalue weighted by Gasteiger charge is 2.30. The second-order valence-electron chi connectivity index (χ2n) is 4.84. The van der Waals surface area contributed by atoms with E-state index in [-0.39, 0.29) is 31.2 Å². The first-order valence-electron chi connectivity index (χ1n) is 6.57. The predicted molar refractivity (Wildman–Crippen MR) is 75.3 cm³/mol. The van der Waals surface area contributed by atoms with Gasteiger partial charge in [-0.25, -0.2) is 19.0 Å². The maximum absolute atomic E-state index is 13.6. The number of alkyl halides is 1. The van der Waals surface area contributed by atoms with E-state index in [0.717, 1.165) is 0 Å². The molecule has 3 N–H and O–H groups in total. The van der Waals surface area contributed by atoms with Crippen LogP contribution >= 0.6 is 11.6 Å². The van der Waals surface area contributed by atoms with Gasteiger partial charge >= 0.3 is 12.1 Å². The van der Waals surface area contributed by atoms with Crippen LogP contribution in [0.15, 0.2) is 12.4 Å². The van der Waals surface area contributed by atoms with Crippen LogP contribution in [0.2, 0.25) is 5.15 Å². The lowest BCUT2D eigenvalue weighted by Gasteiger charge is -2.34. The fourth-order valence-electron chi connectivity index (χ4n) is 2.22. The van der Waals surface area contributed by atoms with E-state index < -0.39 is 24.3 Å². The molecule has 0 radical (unpaired) electrons. The highest BCUT2D eigenvalue weighted by atomic mass is 35.5. The van der Waals surface area contributed by atoms with Crippen LogP contribution in [0.1, 0.15) is 12.1 Å². The molecule has 8 nitrogen and oxygen atoms in total. The minimum Gasteiger partial charge on any atom is -0.465 e. The molecule has 0 bridgehead atoms. The number of nitrogens with zero attached hydrogens (tertiary/aromatic N) is 3. The van der Waals surface area contributed by atoms with Crippen molar-refractivity contribution in [2.75, 3.05) is 13.1 Å². The number of amides is 3. The van der Waals surface area contributed by atoms with E-state index in [1.807, 2.05) is 0 Å². The molecule has 1 aliphatic heterocycles. The molecule has 1 aliphatic rings. The number of urea groups is 1. The van der Waals surface area contributed by atoms with Crippen LogP contribution in [0.25, 0.3) is 0 Å². The number of likely N-dealkylation sites (tertiary alicyclic amines) is 1. The number of nitrogens with one attached hydrogen (secondary N) is 2. The fraction of sp³-hybridized carbons (Fsp3) is 0.500. The molecule has 1 fully saturated rings. The number of carboxylic acid groups (broad SMARTS) is 1. The van der Waals surface area contributed by atoms with Crippen molar-refractivity contribution >= 4 is 23.7 Å². The molecule has 0 aromatic carbocycles. The topological polar surface area (TPSA) is 107 Å². The molecule has 0 aliphatic carbocycles. The minimum absolute atomic E-state index is 0.0477. The maximum Gasteiger partial charge on any atom is 0.404 e. The van der Waals surface area contributed by atoms with E-state index in [1.54, 1.807) is 0 Å². The molecule has 2 rings (SSSR count). The Balaban J connectivity index is 1.91. The van der Waals surface area contributed by atoms with Crippen molar-refractivity contribution in [2.45, 2.75) is 25.2 Å². The van der Waals surface area contributed by atoms with Crippen LogP contribution in [0.3, 0.4) is 0 Å². The summed E-state index contributed by atoms with van der Waals surface area (Å²) in [5.41, 5.74) is 0.395. The van der Waals surface area contributed by atoms with Crippen molar-refractivity contribution in [2.24, 2.45) is 0 Å². The van der Waals surface area contributed by atoms with Crippen LogP contribution in [0.5, 0.6) is 0 Å². The second kappa shape index (κ2) is 7.21. The first kappa shape index (κ1) is 16.2. The summed E-state index contributed by atoms with van der Waals surface area (Å²) >= 11 is 5.82. The highest BCUT2D eigenvalue weighted by Crippen LogP contribution is 2.14. The Morgan fingerprint density at radius 3 is 2.82 bits per heavy atom. The van der Waals surface area contributed by atoms with Gasteiger partial charge in [-0.05, 0) is 0 Å². The lowest BCUT2D eigenvalue weighted by molar-refractivity contribution is 0.118. The number of rotatable bonds is 3. The summed E-state index contributed by atoms with van der Waals surface area (Å²) in [6, 6.07) is -1.15. The predicted octanol–water partition coefficient (Wildman–Crippen LogP) is 1.02. The zero-order valence-corrected chi connectivity index (χ0v) is 12.3.